The summed E-state index contributed by atoms with van der Waals surface area (Å²) in [6, 6.07) is 30.4. The number of aromatic nitrogens is 3. The van der Waals surface area contributed by atoms with Crippen molar-refractivity contribution in [3.8, 4) is 17.1 Å². The molecule has 0 radical (unpaired) electrons. The van der Waals surface area contributed by atoms with E-state index in [1.807, 2.05) is 62.5 Å². The first-order valence-electron chi connectivity index (χ1n) is 14.8. The van der Waals surface area contributed by atoms with Crippen molar-refractivity contribution >= 4 is 28.0 Å². The molecule has 6 rings (SSSR count). The van der Waals surface area contributed by atoms with Crippen molar-refractivity contribution in [3.63, 3.8) is 0 Å². The predicted molar refractivity (Wildman–Crippen MR) is 177 cm³/mol. The molecule has 0 fully saturated rings. The zero-order chi connectivity index (χ0) is 30.1. The monoisotopic (exact) mass is 568 g/mol. The van der Waals surface area contributed by atoms with Crippen LogP contribution in [0.3, 0.4) is 0 Å². The van der Waals surface area contributed by atoms with Gasteiger partial charge in [0.05, 0.1) is 23.7 Å². The van der Waals surface area contributed by atoms with Crippen LogP contribution in [0.4, 0.5) is 0 Å². The third kappa shape index (κ3) is 5.25. The number of hydrogen-bond acceptors (Lipinski definition) is 4. The molecule has 4 aromatic carbocycles. The lowest BCUT2D eigenvalue weighted by molar-refractivity contribution is 0.335. The molecule has 2 heterocycles. The molecule has 0 aliphatic heterocycles. The summed E-state index contributed by atoms with van der Waals surface area (Å²) in [7, 11) is 0. The Morgan fingerprint density at radius 1 is 0.907 bits per heavy atom. The summed E-state index contributed by atoms with van der Waals surface area (Å²) >= 11 is 0. The lowest BCUT2D eigenvalue weighted by atomic mass is 9.96. The molecule has 0 spiro atoms. The zero-order valence-electron chi connectivity index (χ0n) is 25.3. The molecule has 0 amide bonds. The first kappa shape index (κ1) is 28.2. The van der Waals surface area contributed by atoms with Crippen LogP contribution in [0.2, 0.25) is 0 Å². The van der Waals surface area contributed by atoms with Crippen molar-refractivity contribution in [2.75, 3.05) is 6.61 Å². The Kier molecular flexibility index (Phi) is 7.68. The normalized spacial score (nSPS) is 11.8. The molecule has 0 saturated carbocycles. The van der Waals surface area contributed by atoms with Gasteiger partial charge in [0.25, 0.3) is 5.56 Å². The fraction of sp³-hybridized carbons (Fsp3) is 0.216. The first-order valence-corrected chi connectivity index (χ1v) is 14.8. The largest absolute Gasteiger partial charge is 0.494 e. The van der Waals surface area contributed by atoms with Crippen LogP contribution in [-0.2, 0) is 6.54 Å². The molecule has 0 saturated heterocycles. The van der Waals surface area contributed by atoms with Gasteiger partial charge < -0.3 is 9.30 Å². The Labute approximate surface area is 251 Å². The first-order chi connectivity index (χ1) is 20.9. The Bertz CT molecular complexity index is 2030. The summed E-state index contributed by atoms with van der Waals surface area (Å²) in [4.78, 5) is 19.0. The van der Waals surface area contributed by atoms with Gasteiger partial charge in [-0.15, -0.1) is 0 Å². The summed E-state index contributed by atoms with van der Waals surface area (Å²) in [5.74, 6) is 1.59. The van der Waals surface area contributed by atoms with Gasteiger partial charge in [-0.2, -0.15) is 9.78 Å². The molecule has 43 heavy (non-hydrogen) atoms. The highest BCUT2D eigenvalue weighted by atomic mass is 16.5. The number of nitrogens with zero attached hydrogens (tertiary/aromatic N) is 4. The standard InChI is InChI=1S/C37H36N4O2/c1-6-43-35-20-25(4)31(21-30(35)24(2)3)36-39-33-18-12-10-17-29(33)37(42)41(36)38-22-32-26(5)40(23-27-14-8-7-9-15-27)34-19-13-11-16-28(32)34/h7-22,24H,6,23H2,1-5H3. The van der Waals surface area contributed by atoms with Gasteiger partial charge in [-0.1, -0.05) is 74.5 Å². The maximum absolute atomic E-state index is 14.0. The van der Waals surface area contributed by atoms with Crippen LogP contribution in [-0.4, -0.2) is 27.0 Å². The van der Waals surface area contributed by atoms with E-state index in [1.165, 1.54) is 10.2 Å². The second kappa shape index (κ2) is 11.7. The van der Waals surface area contributed by atoms with Crippen molar-refractivity contribution < 1.29 is 4.74 Å². The SMILES string of the molecule is CCOc1cc(C)c(-c2nc3ccccc3c(=O)n2N=Cc2c(C)n(Cc3ccccc3)c3ccccc23)cc1C(C)C. The van der Waals surface area contributed by atoms with Crippen LogP contribution >= 0.6 is 0 Å². The number of benzene rings is 4. The van der Waals surface area contributed by atoms with Gasteiger partial charge in [-0.3, -0.25) is 4.79 Å². The molecule has 216 valence electrons. The molecule has 6 nitrogen and oxygen atoms in total. The van der Waals surface area contributed by atoms with Crippen LogP contribution in [0.25, 0.3) is 33.2 Å². The van der Waals surface area contributed by atoms with Gasteiger partial charge in [-0.25, -0.2) is 4.98 Å². The number of hydrogen-bond donors (Lipinski definition) is 0. The van der Waals surface area contributed by atoms with Crippen molar-refractivity contribution in [1.29, 1.82) is 0 Å². The number of ether oxygens (including phenoxy) is 1. The van der Waals surface area contributed by atoms with Crippen molar-refractivity contribution in [3.05, 3.63) is 129 Å². The molecule has 0 unspecified atom stereocenters. The van der Waals surface area contributed by atoms with E-state index in [4.69, 9.17) is 14.8 Å². The molecule has 0 atom stereocenters. The average Bonchev–Trinajstić information content (AvgIpc) is 3.27. The van der Waals surface area contributed by atoms with E-state index in [0.29, 0.717) is 23.3 Å². The molecule has 0 aliphatic carbocycles. The maximum atomic E-state index is 14.0. The van der Waals surface area contributed by atoms with Gasteiger partial charge in [0.15, 0.2) is 5.82 Å². The van der Waals surface area contributed by atoms with Crippen LogP contribution in [0, 0.1) is 13.8 Å². The fourth-order valence-electron chi connectivity index (χ4n) is 5.78. The second-order valence-corrected chi connectivity index (χ2v) is 11.2. The van der Waals surface area contributed by atoms with E-state index in [1.54, 1.807) is 0 Å². The van der Waals surface area contributed by atoms with Crippen molar-refractivity contribution in [2.24, 2.45) is 5.10 Å². The van der Waals surface area contributed by atoms with Crippen molar-refractivity contribution in [1.82, 2.24) is 14.2 Å². The molecular formula is C37H36N4O2. The van der Waals surface area contributed by atoms with Crippen LogP contribution in [0.5, 0.6) is 5.75 Å². The number of aryl methyl sites for hydroxylation is 1. The lowest BCUT2D eigenvalue weighted by Crippen LogP contribution is -2.21. The quantitative estimate of drug-likeness (QED) is 0.174. The smallest absolute Gasteiger partial charge is 0.282 e. The van der Waals surface area contributed by atoms with E-state index < -0.39 is 0 Å². The number of rotatable bonds is 8. The highest BCUT2D eigenvalue weighted by Gasteiger charge is 2.19. The summed E-state index contributed by atoms with van der Waals surface area (Å²) in [6.07, 6.45) is 1.81. The average molecular weight is 569 g/mol. The third-order valence-corrected chi connectivity index (χ3v) is 8.04. The second-order valence-electron chi connectivity index (χ2n) is 11.2. The molecule has 0 N–H and O–H groups in total. The summed E-state index contributed by atoms with van der Waals surface area (Å²) in [5, 5.41) is 6.49. The van der Waals surface area contributed by atoms with Crippen LogP contribution in [0.1, 0.15) is 54.6 Å². The van der Waals surface area contributed by atoms with Gasteiger partial charge in [0.2, 0.25) is 0 Å². The van der Waals surface area contributed by atoms with Gasteiger partial charge in [-0.05, 0) is 73.7 Å². The lowest BCUT2D eigenvalue weighted by Gasteiger charge is -2.18. The molecule has 6 heteroatoms. The summed E-state index contributed by atoms with van der Waals surface area (Å²) < 4.78 is 9.74. The minimum absolute atomic E-state index is 0.207. The molecular weight excluding hydrogens is 532 g/mol. The van der Waals surface area contributed by atoms with Crippen LogP contribution < -0.4 is 10.3 Å². The number of para-hydroxylation sites is 2. The van der Waals surface area contributed by atoms with Gasteiger partial charge in [0, 0.05) is 34.3 Å². The molecule has 0 aliphatic rings. The predicted octanol–water partition coefficient (Wildman–Crippen LogP) is 8.09. The summed E-state index contributed by atoms with van der Waals surface area (Å²) in [6.45, 7) is 11.7. The maximum Gasteiger partial charge on any atom is 0.282 e. The molecule has 0 bridgehead atoms. The summed E-state index contributed by atoms with van der Waals surface area (Å²) in [5.41, 5.74) is 7.73. The third-order valence-electron chi connectivity index (χ3n) is 8.04. The Morgan fingerprint density at radius 2 is 1.60 bits per heavy atom. The fourth-order valence-corrected chi connectivity index (χ4v) is 5.78. The minimum atomic E-state index is -0.207. The van der Waals surface area contributed by atoms with E-state index in [2.05, 4.69) is 73.9 Å². The van der Waals surface area contributed by atoms with Crippen molar-refractivity contribution in [2.45, 2.75) is 47.1 Å². The molecule has 6 aromatic rings. The minimum Gasteiger partial charge on any atom is -0.494 e. The van der Waals surface area contributed by atoms with Gasteiger partial charge in [0.1, 0.15) is 5.75 Å². The highest BCUT2D eigenvalue weighted by molar-refractivity contribution is 6.01. The highest BCUT2D eigenvalue weighted by Crippen LogP contribution is 2.34. The van der Waals surface area contributed by atoms with E-state index >= 15 is 0 Å². The van der Waals surface area contributed by atoms with Crippen LogP contribution in [0.15, 0.2) is 101 Å². The van der Waals surface area contributed by atoms with Gasteiger partial charge >= 0.3 is 0 Å². The van der Waals surface area contributed by atoms with E-state index in [0.717, 1.165) is 51.1 Å². The number of fused-ring (bicyclic) bond motifs is 2. The Morgan fingerprint density at radius 3 is 2.35 bits per heavy atom. The zero-order valence-corrected chi connectivity index (χ0v) is 25.3. The van der Waals surface area contributed by atoms with E-state index in [9.17, 15) is 4.79 Å². The molecule has 2 aromatic heterocycles. The Hall–Kier alpha value is -4.97. The van der Waals surface area contributed by atoms with E-state index in [-0.39, 0.29) is 11.5 Å². The topological polar surface area (TPSA) is 61.4 Å². The Balaban J connectivity index is 1.55.